The molecule has 0 amide bonds. The summed E-state index contributed by atoms with van der Waals surface area (Å²) in [5.41, 5.74) is 1.12. The van der Waals surface area contributed by atoms with Gasteiger partial charge in [0.15, 0.2) is 0 Å². The van der Waals surface area contributed by atoms with Gasteiger partial charge in [-0.2, -0.15) is 0 Å². The highest BCUT2D eigenvalue weighted by Crippen LogP contribution is 2.28. The summed E-state index contributed by atoms with van der Waals surface area (Å²) in [6.45, 7) is 5.41. The van der Waals surface area contributed by atoms with Crippen LogP contribution >= 0.6 is 27.5 Å². The lowest BCUT2D eigenvalue weighted by molar-refractivity contribution is 0.269. The number of hydrogen-bond donors (Lipinski definition) is 1. The van der Waals surface area contributed by atoms with Gasteiger partial charge in [0.1, 0.15) is 18.1 Å². The molecule has 2 rings (SSSR count). The van der Waals surface area contributed by atoms with Gasteiger partial charge in [-0.25, -0.2) is 0 Å². The van der Waals surface area contributed by atoms with Crippen molar-refractivity contribution in [3.8, 4) is 5.75 Å². The molecular formula is C15H17BrClNO2. The van der Waals surface area contributed by atoms with Crippen LogP contribution in [0.4, 0.5) is 0 Å². The second-order valence-corrected chi connectivity index (χ2v) is 6.11. The van der Waals surface area contributed by atoms with Crippen LogP contribution in [-0.2, 0) is 13.2 Å². The summed E-state index contributed by atoms with van der Waals surface area (Å²) in [6.07, 6.45) is 1.75. The molecular weight excluding hydrogens is 342 g/mol. The summed E-state index contributed by atoms with van der Waals surface area (Å²) in [5, 5.41) is 4.01. The monoisotopic (exact) mass is 357 g/mol. The van der Waals surface area contributed by atoms with E-state index >= 15 is 0 Å². The standard InChI is InChI=1S/C15H17BrClNO2/c1-10(2)18-7-11-5-13(19-8-11)9-20-15-4-3-12(17)6-14(15)16/h3-6,8,10,18H,7,9H2,1-2H3. The van der Waals surface area contributed by atoms with Gasteiger partial charge in [0, 0.05) is 23.2 Å². The molecule has 0 saturated carbocycles. The third-order valence-electron chi connectivity index (χ3n) is 2.69. The highest BCUT2D eigenvalue weighted by molar-refractivity contribution is 9.10. The maximum atomic E-state index is 5.89. The molecule has 2 aromatic rings. The molecule has 0 radical (unpaired) electrons. The summed E-state index contributed by atoms with van der Waals surface area (Å²) < 4.78 is 12.0. The van der Waals surface area contributed by atoms with E-state index in [1.165, 1.54) is 0 Å². The topological polar surface area (TPSA) is 34.4 Å². The minimum Gasteiger partial charge on any atom is -0.484 e. The molecule has 5 heteroatoms. The molecule has 0 aliphatic carbocycles. The summed E-state index contributed by atoms with van der Waals surface area (Å²) >= 11 is 9.30. The van der Waals surface area contributed by atoms with E-state index in [0.29, 0.717) is 17.7 Å². The molecule has 1 heterocycles. The first-order valence-electron chi connectivity index (χ1n) is 6.42. The number of furan rings is 1. The van der Waals surface area contributed by atoms with Crippen LogP contribution in [-0.4, -0.2) is 6.04 Å². The highest BCUT2D eigenvalue weighted by atomic mass is 79.9. The molecule has 0 saturated heterocycles. The number of nitrogens with one attached hydrogen (secondary N) is 1. The fraction of sp³-hybridized carbons (Fsp3) is 0.333. The van der Waals surface area contributed by atoms with Gasteiger partial charge < -0.3 is 14.5 Å². The lowest BCUT2D eigenvalue weighted by Gasteiger charge is -2.06. The first-order valence-corrected chi connectivity index (χ1v) is 7.59. The van der Waals surface area contributed by atoms with Crippen molar-refractivity contribution < 1.29 is 9.15 Å². The zero-order valence-electron chi connectivity index (χ0n) is 11.5. The van der Waals surface area contributed by atoms with E-state index in [4.69, 9.17) is 20.8 Å². The second kappa shape index (κ2) is 7.16. The maximum Gasteiger partial charge on any atom is 0.146 e. The van der Waals surface area contributed by atoms with E-state index in [9.17, 15) is 0 Å². The van der Waals surface area contributed by atoms with Gasteiger partial charge in [-0.3, -0.25) is 0 Å². The Morgan fingerprint density at radius 3 is 2.85 bits per heavy atom. The lowest BCUT2D eigenvalue weighted by Crippen LogP contribution is -2.21. The van der Waals surface area contributed by atoms with E-state index in [0.717, 1.165) is 28.1 Å². The number of benzene rings is 1. The number of ether oxygens (including phenoxy) is 1. The molecule has 0 bridgehead atoms. The molecule has 3 nitrogen and oxygen atoms in total. The van der Waals surface area contributed by atoms with Gasteiger partial charge in [0.2, 0.25) is 0 Å². The molecule has 1 aromatic carbocycles. The predicted molar refractivity (Wildman–Crippen MR) is 84.2 cm³/mol. The zero-order valence-corrected chi connectivity index (χ0v) is 13.8. The van der Waals surface area contributed by atoms with Gasteiger partial charge >= 0.3 is 0 Å². The Bertz CT molecular complexity index is 569. The SMILES string of the molecule is CC(C)NCc1coc(COc2ccc(Cl)cc2Br)c1. The van der Waals surface area contributed by atoms with Crippen LogP contribution in [0.15, 0.2) is 39.4 Å². The van der Waals surface area contributed by atoms with E-state index < -0.39 is 0 Å². The van der Waals surface area contributed by atoms with Crippen molar-refractivity contribution in [2.24, 2.45) is 0 Å². The van der Waals surface area contributed by atoms with Crippen LogP contribution in [0, 0.1) is 0 Å². The summed E-state index contributed by atoms with van der Waals surface area (Å²) in [5.74, 6) is 1.54. The average molecular weight is 359 g/mol. The molecule has 1 N–H and O–H groups in total. The zero-order chi connectivity index (χ0) is 14.5. The maximum absolute atomic E-state index is 5.89. The third kappa shape index (κ3) is 4.54. The van der Waals surface area contributed by atoms with E-state index in [1.54, 1.807) is 18.4 Å². The molecule has 0 aliphatic heterocycles. The Labute approximate surface area is 132 Å². The summed E-state index contributed by atoms with van der Waals surface area (Å²) in [4.78, 5) is 0. The van der Waals surface area contributed by atoms with Crippen molar-refractivity contribution in [1.29, 1.82) is 0 Å². The normalized spacial score (nSPS) is 11.1. The molecule has 0 atom stereocenters. The predicted octanol–water partition coefficient (Wildman–Crippen LogP) is 4.77. The molecule has 1 aromatic heterocycles. The van der Waals surface area contributed by atoms with Gasteiger partial charge in [-0.05, 0) is 40.2 Å². The van der Waals surface area contributed by atoms with Crippen LogP contribution in [0.2, 0.25) is 5.02 Å². The number of hydrogen-bond acceptors (Lipinski definition) is 3. The van der Waals surface area contributed by atoms with Gasteiger partial charge in [-0.1, -0.05) is 25.4 Å². The Balaban J connectivity index is 1.90. The first kappa shape index (κ1) is 15.4. The Morgan fingerprint density at radius 1 is 1.35 bits per heavy atom. The van der Waals surface area contributed by atoms with Crippen molar-refractivity contribution >= 4 is 27.5 Å². The van der Waals surface area contributed by atoms with Crippen LogP contribution in [0.5, 0.6) is 5.75 Å². The fourth-order valence-corrected chi connectivity index (χ4v) is 2.45. The Hall–Kier alpha value is -0.970. The fourth-order valence-electron chi connectivity index (χ4n) is 1.66. The summed E-state index contributed by atoms with van der Waals surface area (Å²) in [6, 6.07) is 7.88. The van der Waals surface area contributed by atoms with E-state index in [-0.39, 0.29) is 0 Å². The second-order valence-electron chi connectivity index (χ2n) is 4.82. The van der Waals surface area contributed by atoms with Crippen molar-refractivity contribution in [1.82, 2.24) is 5.32 Å². The molecule has 0 spiro atoms. The molecule has 0 fully saturated rings. The van der Waals surface area contributed by atoms with Crippen LogP contribution in [0.3, 0.4) is 0 Å². The van der Waals surface area contributed by atoms with Crippen LogP contribution in [0.25, 0.3) is 0 Å². The van der Waals surface area contributed by atoms with E-state index in [1.807, 2.05) is 12.1 Å². The molecule has 0 aliphatic rings. The minimum atomic E-state index is 0.391. The van der Waals surface area contributed by atoms with Gasteiger partial charge in [0.05, 0.1) is 10.7 Å². The molecule has 108 valence electrons. The number of halogens is 2. The van der Waals surface area contributed by atoms with Crippen molar-refractivity contribution in [3.05, 3.63) is 51.3 Å². The average Bonchev–Trinajstić information content (AvgIpc) is 2.83. The Morgan fingerprint density at radius 2 is 2.15 bits per heavy atom. The minimum absolute atomic E-state index is 0.391. The smallest absolute Gasteiger partial charge is 0.146 e. The van der Waals surface area contributed by atoms with Gasteiger partial charge in [-0.15, -0.1) is 0 Å². The highest BCUT2D eigenvalue weighted by Gasteiger charge is 2.06. The largest absolute Gasteiger partial charge is 0.484 e. The quantitative estimate of drug-likeness (QED) is 0.807. The van der Waals surface area contributed by atoms with Crippen molar-refractivity contribution in [2.45, 2.75) is 33.0 Å². The molecule has 20 heavy (non-hydrogen) atoms. The first-order chi connectivity index (χ1) is 9.54. The number of rotatable bonds is 6. The van der Waals surface area contributed by atoms with E-state index in [2.05, 4.69) is 35.1 Å². The molecule has 0 unspecified atom stereocenters. The summed E-state index contributed by atoms with van der Waals surface area (Å²) in [7, 11) is 0. The third-order valence-corrected chi connectivity index (χ3v) is 3.54. The van der Waals surface area contributed by atoms with Crippen molar-refractivity contribution in [2.75, 3.05) is 0 Å². The van der Waals surface area contributed by atoms with Gasteiger partial charge in [0.25, 0.3) is 0 Å². The van der Waals surface area contributed by atoms with Crippen LogP contribution < -0.4 is 10.1 Å². The Kier molecular flexibility index (Phi) is 5.52. The van der Waals surface area contributed by atoms with Crippen molar-refractivity contribution in [3.63, 3.8) is 0 Å². The lowest BCUT2D eigenvalue weighted by atomic mass is 10.3. The van der Waals surface area contributed by atoms with Crippen LogP contribution in [0.1, 0.15) is 25.2 Å².